The molecule has 18 heavy (non-hydrogen) atoms. The third-order valence-electron chi connectivity index (χ3n) is 3.17. The third-order valence-corrected chi connectivity index (χ3v) is 4.21. The van der Waals surface area contributed by atoms with Gasteiger partial charge in [0.15, 0.2) is 5.13 Å². The number of carbonyl (C=O) groups is 1. The Morgan fingerprint density at radius 2 is 2.17 bits per heavy atom. The van der Waals surface area contributed by atoms with Crippen LogP contribution >= 0.6 is 11.3 Å². The molecule has 3 rings (SSSR count). The molecule has 0 spiro atoms. The standard InChI is InChI=1S/C13H14N2O2S/c16-9-5-6-10-11(8-9)18-13(14-10)15-7-3-1-2-4-12(15)17/h5-6,8,16H,1-4,7H2. The molecule has 1 aromatic carbocycles. The molecule has 0 atom stereocenters. The van der Waals surface area contributed by atoms with Crippen molar-refractivity contribution in [2.75, 3.05) is 11.4 Å². The van der Waals surface area contributed by atoms with Crippen molar-refractivity contribution in [2.24, 2.45) is 0 Å². The van der Waals surface area contributed by atoms with Crippen molar-refractivity contribution in [3.63, 3.8) is 0 Å². The van der Waals surface area contributed by atoms with Gasteiger partial charge in [-0.15, -0.1) is 0 Å². The topological polar surface area (TPSA) is 53.4 Å². The van der Waals surface area contributed by atoms with Gasteiger partial charge in [-0.3, -0.25) is 9.69 Å². The van der Waals surface area contributed by atoms with Crippen LogP contribution in [0.2, 0.25) is 0 Å². The molecule has 1 N–H and O–H groups in total. The van der Waals surface area contributed by atoms with E-state index in [0.717, 1.165) is 41.2 Å². The zero-order valence-corrected chi connectivity index (χ0v) is 10.7. The second-order valence-corrected chi connectivity index (χ2v) is 5.51. The lowest BCUT2D eigenvalue weighted by Crippen LogP contribution is -2.29. The summed E-state index contributed by atoms with van der Waals surface area (Å²) in [5.74, 6) is 0.399. The van der Waals surface area contributed by atoms with E-state index in [0.29, 0.717) is 6.42 Å². The summed E-state index contributed by atoms with van der Waals surface area (Å²) < 4.78 is 0.919. The number of amides is 1. The molecule has 0 saturated carbocycles. The van der Waals surface area contributed by atoms with Crippen molar-refractivity contribution in [1.29, 1.82) is 0 Å². The van der Waals surface area contributed by atoms with Crippen LogP contribution < -0.4 is 4.90 Å². The van der Waals surface area contributed by atoms with Gasteiger partial charge in [0.2, 0.25) is 5.91 Å². The first-order valence-corrected chi connectivity index (χ1v) is 6.95. The summed E-state index contributed by atoms with van der Waals surface area (Å²) in [6.45, 7) is 0.755. The van der Waals surface area contributed by atoms with E-state index < -0.39 is 0 Å². The third kappa shape index (κ3) is 2.06. The molecule has 0 radical (unpaired) electrons. The van der Waals surface area contributed by atoms with Gasteiger partial charge in [-0.2, -0.15) is 0 Å². The normalized spacial score (nSPS) is 17.1. The van der Waals surface area contributed by atoms with E-state index in [1.165, 1.54) is 11.3 Å². The number of hydrogen-bond donors (Lipinski definition) is 1. The highest BCUT2D eigenvalue weighted by molar-refractivity contribution is 7.22. The number of aromatic hydroxyl groups is 1. The molecule has 1 aliphatic heterocycles. The molecule has 94 valence electrons. The lowest BCUT2D eigenvalue weighted by molar-refractivity contribution is -0.118. The highest BCUT2D eigenvalue weighted by Crippen LogP contribution is 2.32. The number of carbonyl (C=O) groups excluding carboxylic acids is 1. The van der Waals surface area contributed by atoms with Crippen molar-refractivity contribution in [3.8, 4) is 5.75 Å². The molecular weight excluding hydrogens is 248 g/mol. The molecule has 2 heterocycles. The monoisotopic (exact) mass is 262 g/mol. The number of phenolic OH excluding ortho intramolecular Hbond substituents is 1. The molecule has 0 aliphatic carbocycles. The van der Waals surface area contributed by atoms with Gasteiger partial charge in [-0.25, -0.2) is 4.98 Å². The SMILES string of the molecule is O=C1CCCCCN1c1nc2ccc(O)cc2s1. The molecular formula is C13H14N2O2S. The predicted molar refractivity (Wildman–Crippen MR) is 72.1 cm³/mol. The fourth-order valence-electron chi connectivity index (χ4n) is 2.20. The molecule has 1 saturated heterocycles. The van der Waals surface area contributed by atoms with Crippen LogP contribution in [0.4, 0.5) is 5.13 Å². The van der Waals surface area contributed by atoms with Gasteiger partial charge < -0.3 is 5.11 Å². The van der Waals surface area contributed by atoms with Crippen molar-refractivity contribution in [2.45, 2.75) is 25.7 Å². The van der Waals surface area contributed by atoms with E-state index in [9.17, 15) is 9.90 Å². The van der Waals surface area contributed by atoms with Crippen LogP contribution in [-0.4, -0.2) is 22.5 Å². The first-order valence-electron chi connectivity index (χ1n) is 6.14. The fraction of sp³-hybridized carbons (Fsp3) is 0.385. The Hall–Kier alpha value is -1.62. The van der Waals surface area contributed by atoms with Crippen molar-refractivity contribution in [3.05, 3.63) is 18.2 Å². The number of phenols is 1. The first-order chi connectivity index (χ1) is 8.74. The van der Waals surface area contributed by atoms with E-state index in [4.69, 9.17) is 0 Å². The zero-order chi connectivity index (χ0) is 12.5. The van der Waals surface area contributed by atoms with Crippen LogP contribution in [0.3, 0.4) is 0 Å². The molecule has 5 heteroatoms. The summed E-state index contributed by atoms with van der Waals surface area (Å²) in [7, 11) is 0. The number of thiazole rings is 1. The Kier molecular flexibility index (Phi) is 2.91. The van der Waals surface area contributed by atoms with E-state index in [-0.39, 0.29) is 11.7 Å². The summed E-state index contributed by atoms with van der Waals surface area (Å²) >= 11 is 1.46. The Labute approximate surface area is 109 Å². The molecule has 2 aromatic rings. The first kappa shape index (κ1) is 11.5. The average Bonchev–Trinajstić information content (AvgIpc) is 2.63. The highest BCUT2D eigenvalue weighted by atomic mass is 32.1. The van der Waals surface area contributed by atoms with E-state index in [1.807, 2.05) is 0 Å². The Bertz CT molecular complexity index is 594. The molecule has 0 unspecified atom stereocenters. The maximum atomic E-state index is 12.0. The lowest BCUT2D eigenvalue weighted by atomic mass is 10.2. The maximum absolute atomic E-state index is 12.0. The Balaban J connectivity index is 1.99. The van der Waals surface area contributed by atoms with Gasteiger partial charge in [-0.1, -0.05) is 17.8 Å². The molecule has 4 nitrogen and oxygen atoms in total. The molecule has 1 fully saturated rings. The average molecular weight is 262 g/mol. The van der Waals surface area contributed by atoms with E-state index in [2.05, 4.69) is 4.98 Å². The van der Waals surface area contributed by atoms with Crippen LogP contribution in [0.25, 0.3) is 10.2 Å². The van der Waals surface area contributed by atoms with Gasteiger partial charge in [0.25, 0.3) is 0 Å². The van der Waals surface area contributed by atoms with Crippen molar-refractivity contribution >= 4 is 32.6 Å². The number of benzene rings is 1. The number of hydrogen-bond acceptors (Lipinski definition) is 4. The number of nitrogens with zero attached hydrogens (tertiary/aromatic N) is 2. The molecule has 0 bridgehead atoms. The molecule has 1 amide bonds. The van der Waals surface area contributed by atoms with Gasteiger partial charge in [-0.05, 0) is 31.0 Å². The summed E-state index contributed by atoms with van der Waals surface area (Å²) in [5, 5.41) is 10.2. The van der Waals surface area contributed by atoms with Gasteiger partial charge in [0.05, 0.1) is 10.2 Å². The van der Waals surface area contributed by atoms with Gasteiger partial charge in [0, 0.05) is 13.0 Å². The number of rotatable bonds is 1. The predicted octanol–water partition coefficient (Wildman–Crippen LogP) is 2.91. The minimum absolute atomic E-state index is 0.163. The van der Waals surface area contributed by atoms with E-state index >= 15 is 0 Å². The van der Waals surface area contributed by atoms with Gasteiger partial charge in [0.1, 0.15) is 5.75 Å². The van der Waals surface area contributed by atoms with Crippen molar-refractivity contribution in [1.82, 2.24) is 4.98 Å². The van der Waals surface area contributed by atoms with Gasteiger partial charge >= 0.3 is 0 Å². The molecule has 1 aromatic heterocycles. The second-order valence-electron chi connectivity index (χ2n) is 4.50. The van der Waals surface area contributed by atoms with Crippen LogP contribution in [0.1, 0.15) is 25.7 Å². The number of fused-ring (bicyclic) bond motifs is 1. The van der Waals surface area contributed by atoms with Crippen LogP contribution in [0.5, 0.6) is 5.75 Å². The van der Waals surface area contributed by atoms with Crippen LogP contribution in [-0.2, 0) is 4.79 Å². The smallest absolute Gasteiger partial charge is 0.228 e. The summed E-state index contributed by atoms with van der Waals surface area (Å²) in [4.78, 5) is 18.3. The van der Waals surface area contributed by atoms with E-state index in [1.54, 1.807) is 23.1 Å². The van der Waals surface area contributed by atoms with Crippen LogP contribution in [0.15, 0.2) is 18.2 Å². The summed E-state index contributed by atoms with van der Waals surface area (Å²) in [6, 6.07) is 5.10. The van der Waals surface area contributed by atoms with Crippen LogP contribution in [0, 0.1) is 0 Å². The second kappa shape index (κ2) is 4.57. The van der Waals surface area contributed by atoms with Crippen molar-refractivity contribution < 1.29 is 9.90 Å². The summed E-state index contributed by atoms with van der Waals surface area (Å²) in [6.07, 6.45) is 3.73. The lowest BCUT2D eigenvalue weighted by Gasteiger charge is -2.16. The zero-order valence-electron chi connectivity index (χ0n) is 9.93. The fourth-order valence-corrected chi connectivity index (χ4v) is 3.24. The Morgan fingerprint density at radius 3 is 3.06 bits per heavy atom. The number of aromatic nitrogens is 1. The Morgan fingerprint density at radius 1 is 1.28 bits per heavy atom. The minimum atomic E-state index is 0.163. The quantitative estimate of drug-likeness (QED) is 0.859. The maximum Gasteiger partial charge on any atom is 0.228 e. The molecule has 1 aliphatic rings. The summed E-state index contributed by atoms with van der Waals surface area (Å²) in [5.41, 5.74) is 0.838. The minimum Gasteiger partial charge on any atom is -0.508 e. The largest absolute Gasteiger partial charge is 0.508 e. The number of anilines is 1. The highest BCUT2D eigenvalue weighted by Gasteiger charge is 2.21.